The van der Waals surface area contributed by atoms with Crippen LogP contribution in [-0.2, 0) is 14.4 Å². The molecule has 0 unspecified atom stereocenters. The topological polar surface area (TPSA) is 136 Å². The van der Waals surface area contributed by atoms with E-state index in [4.69, 9.17) is 14.5 Å². The molecule has 5 rings (SSSR count). The first-order chi connectivity index (χ1) is 21.4. The lowest BCUT2D eigenvalue weighted by Crippen LogP contribution is -2.49. The fraction of sp³-hybridized carbons (Fsp3) is 0.559. The summed E-state index contributed by atoms with van der Waals surface area (Å²) >= 11 is 0. The highest BCUT2D eigenvalue weighted by molar-refractivity contribution is 5.94. The molecular weight excluding hydrogens is 574 g/mol. The van der Waals surface area contributed by atoms with Crippen LogP contribution in [0.25, 0.3) is 16.7 Å². The van der Waals surface area contributed by atoms with Crippen LogP contribution in [0.4, 0.5) is 0 Å². The molecule has 0 saturated heterocycles. The lowest BCUT2D eigenvalue weighted by molar-refractivity contribution is -0.145. The number of hydrogen-bond donors (Lipinski definition) is 2. The summed E-state index contributed by atoms with van der Waals surface area (Å²) in [6.45, 7) is 10.3. The number of carbonyl (C=O) groups excluding carboxylic acids is 2. The third kappa shape index (κ3) is 6.21. The van der Waals surface area contributed by atoms with E-state index in [1.165, 1.54) is 0 Å². The second kappa shape index (κ2) is 12.7. The molecule has 5 atom stereocenters. The second-order valence-electron chi connectivity index (χ2n) is 12.9. The maximum atomic E-state index is 13.8. The van der Waals surface area contributed by atoms with Gasteiger partial charge in [-0.3, -0.25) is 9.59 Å². The number of nitrogens with zero attached hydrogens (tertiary/aromatic N) is 4. The van der Waals surface area contributed by atoms with Gasteiger partial charge in [0.2, 0.25) is 11.8 Å². The van der Waals surface area contributed by atoms with Gasteiger partial charge in [0.1, 0.15) is 23.1 Å². The van der Waals surface area contributed by atoms with Crippen molar-refractivity contribution in [3.8, 4) is 17.3 Å². The van der Waals surface area contributed by atoms with Gasteiger partial charge in [0.25, 0.3) is 0 Å². The number of ether oxygens (including phenoxy) is 2. The van der Waals surface area contributed by atoms with Crippen molar-refractivity contribution in [1.29, 1.82) is 0 Å². The third-order valence-electron chi connectivity index (χ3n) is 9.56. The van der Waals surface area contributed by atoms with Crippen LogP contribution < -0.4 is 14.8 Å². The van der Waals surface area contributed by atoms with Gasteiger partial charge in [-0.1, -0.05) is 26.7 Å². The van der Waals surface area contributed by atoms with Crippen molar-refractivity contribution in [2.45, 2.75) is 84.8 Å². The van der Waals surface area contributed by atoms with Gasteiger partial charge in [0, 0.05) is 36.3 Å². The Balaban J connectivity index is 1.49. The maximum absolute atomic E-state index is 13.8. The van der Waals surface area contributed by atoms with Gasteiger partial charge in [0.15, 0.2) is 5.82 Å². The van der Waals surface area contributed by atoms with E-state index in [1.54, 1.807) is 23.7 Å². The average molecular weight is 620 g/mol. The van der Waals surface area contributed by atoms with Crippen molar-refractivity contribution in [3.05, 3.63) is 41.2 Å². The number of nitrogens with one attached hydrogen (secondary N) is 1. The van der Waals surface area contributed by atoms with Crippen molar-refractivity contribution in [2.24, 2.45) is 17.8 Å². The zero-order chi connectivity index (χ0) is 32.6. The number of carboxylic acid groups (broad SMARTS) is 1. The molecule has 2 aliphatic carbocycles. The number of carboxylic acids is 1. The first-order valence-corrected chi connectivity index (χ1v) is 15.9. The molecule has 0 radical (unpaired) electrons. The largest absolute Gasteiger partial charge is 0.496 e. The summed E-state index contributed by atoms with van der Waals surface area (Å²) in [4.78, 5) is 46.2. The number of amides is 2. The fourth-order valence-corrected chi connectivity index (χ4v) is 6.74. The Labute approximate surface area is 264 Å². The van der Waals surface area contributed by atoms with Crippen LogP contribution in [0.5, 0.6) is 11.5 Å². The summed E-state index contributed by atoms with van der Waals surface area (Å²) in [5.41, 5.74) is 2.06. The maximum Gasteiger partial charge on any atom is 0.329 e. The predicted molar refractivity (Wildman–Crippen MR) is 170 cm³/mol. The molecule has 0 aliphatic heterocycles. The van der Waals surface area contributed by atoms with Crippen LogP contribution >= 0.6 is 0 Å². The first-order valence-electron chi connectivity index (χ1n) is 15.9. The first kappa shape index (κ1) is 32.2. The molecule has 0 bridgehead atoms. The van der Waals surface area contributed by atoms with Crippen molar-refractivity contribution in [2.75, 3.05) is 20.7 Å². The molecule has 2 N–H and O–H groups in total. The summed E-state index contributed by atoms with van der Waals surface area (Å²) in [6.07, 6.45) is 3.44. The summed E-state index contributed by atoms with van der Waals surface area (Å²) in [5.74, 6) is -1.24. The quantitative estimate of drug-likeness (QED) is 0.277. The molecule has 2 saturated carbocycles. The minimum atomic E-state index is -1.27. The number of aliphatic carboxylic acids is 1. The second-order valence-corrected chi connectivity index (χ2v) is 12.9. The van der Waals surface area contributed by atoms with Gasteiger partial charge in [-0.2, -0.15) is 5.10 Å². The zero-order valence-corrected chi connectivity index (χ0v) is 27.3. The molecule has 2 amide bonds. The number of hydrogen-bond acceptors (Lipinski definition) is 7. The Hall–Kier alpha value is -4.15. The number of fused-ring (bicyclic) bond motifs is 1. The number of rotatable bonds is 12. The molecule has 242 valence electrons. The average Bonchev–Trinajstić information content (AvgIpc) is 3.29. The molecule has 11 heteroatoms. The van der Waals surface area contributed by atoms with E-state index in [-0.39, 0.29) is 18.2 Å². The van der Waals surface area contributed by atoms with E-state index in [9.17, 15) is 19.5 Å². The van der Waals surface area contributed by atoms with E-state index in [0.29, 0.717) is 42.2 Å². The van der Waals surface area contributed by atoms with E-state index in [2.05, 4.69) is 17.3 Å². The number of pyridine rings is 1. The van der Waals surface area contributed by atoms with Crippen molar-refractivity contribution >= 4 is 28.7 Å². The summed E-state index contributed by atoms with van der Waals surface area (Å²) < 4.78 is 14.0. The Bertz CT molecular complexity index is 1620. The van der Waals surface area contributed by atoms with Crippen LogP contribution in [-0.4, -0.2) is 74.9 Å². The summed E-state index contributed by atoms with van der Waals surface area (Å²) in [7, 11) is 3.39. The highest BCUT2D eigenvalue weighted by Gasteiger charge is 2.60. The molecular formula is C34H45N5O6. The normalized spacial score (nSPS) is 24.0. The Morgan fingerprint density at radius 3 is 2.42 bits per heavy atom. The van der Waals surface area contributed by atoms with Gasteiger partial charge >= 0.3 is 5.97 Å². The fourth-order valence-electron chi connectivity index (χ4n) is 6.74. The molecule has 2 fully saturated rings. The molecule has 2 heterocycles. The van der Waals surface area contributed by atoms with Crippen LogP contribution in [0.15, 0.2) is 24.3 Å². The molecule has 2 aliphatic rings. The number of carbonyl (C=O) groups is 3. The van der Waals surface area contributed by atoms with Gasteiger partial charge in [-0.25, -0.2) is 14.5 Å². The third-order valence-corrected chi connectivity index (χ3v) is 9.56. The molecule has 45 heavy (non-hydrogen) atoms. The van der Waals surface area contributed by atoms with Gasteiger partial charge < -0.3 is 24.8 Å². The summed E-state index contributed by atoms with van der Waals surface area (Å²) in [5, 5.41) is 18.1. The molecule has 0 spiro atoms. The lowest BCUT2D eigenvalue weighted by Gasteiger charge is -2.25. The van der Waals surface area contributed by atoms with Crippen molar-refractivity contribution in [3.63, 3.8) is 0 Å². The molecule has 3 aromatic rings. The molecule has 11 nitrogen and oxygen atoms in total. The van der Waals surface area contributed by atoms with Crippen LogP contribution in [0.1, 0.15) is 69.3 Å². The molecule has 1 aromatic carbocycles. The molecule has 2 aromatic heterocycles. The SMILES string of the molecule is CCCCCN(C)C(=O)[C@@H]1C[C@H](Oc2cc(-n3nc(C)cc3C)nc3c(C)c(OC)ccc23)C[C@H]1C(=O)N[C@]1(C(=O)O)C[C@H]1C. The Morgan fingerprint density at radius 1 is 1.11 bits per heavy atom. The Morgan fingerprint density at radius 2 is 1.82 bits per heavy atom. The minimum absolute atomic E-state index is 0.117. The van der Waals surface area contributed by atoms with Crippen LogP contribution in [0.3, 0.4) is 0 Å². The van der Waals surface area contributed by atoms with Gasteiger partial charge in [0.05, 0.1) is 30.2 Å². The van der Waals surface area contributed by atoms with E-state index < -0.39 is 35.4 Å². The van der Waals surface area contributed by atoms with E-state index in [1.807, 2.05) is 52.0 Å². The van der Waals surface area contributed by atoms with Gasteiger partial charge in [-0.15, -0.1) is 0 Å². The number of unbranched alkanes of at least 4 members (excludes halogenated alkanes) is 2. The van der Waals surface area contributed by atoms with Crippen molar-refractivity contribution in [1.82, 2.24) is 25.0 Å². The number of benzene rings is 1. The smallest absolute Gasteiger partial charge is 0.329 e. The van der Waals surface area contributed by atoms with E-state index in [0.717, 1.165) is 41.6 Å². The van der Waals surface area contributed by atoms with Crippen LogP contribution in [0.2, 0.25) is 0 Å². The standard InChI is InChI=1S/C34H45N5O6/c1-8-9-10-13-38(6)32(41)26-16-23(15-25(26)31(40)36-34(33(42)43)18-19(34)2)45-28-17-29(39-21(4)14-20(3)37-39)35-30-22(5)27(44-7)12-11-24(28)30/h11-12,14,17,19,23,25-26H,8-10,13,15-16,18H2,1-7H3,(H,36,40)(H,42,43)/t19-,23-,25-,26-,34-/m1/s1. The number of aryl methyl sites for hydroxylation is 3. The highest BCUT2D eigenvalue weighted by Crippen LogP contribution is 2.45. The predicted octanol–water partition coefficient (Wildman–Crippen LogP) is 4.76. The zero-order valence-electron chi connectivity index (χ0n) is 27.3. The monoisotopic (exact) mass is 619 g/mol. The lowest BCUT2D eigenvalue weighted by atomic mass is 9.93. The summed E-state index contributed by atoms with van der Waals surface area (Å²) in [6, 6.07) is 7.60. The Kier molecular flexibility index (Phi) is 9.09. The van der Waals surface area contributed by atoms with Crippen LogP contribution in [0, 0.1) is 38.5 Å². The number of aromatic nitrogens is 3. The van der Waals surface area contributed by atoms with E-state index >= 15 is 0 Å². The van der Waals surface area contributed by atoms with Crippen molar-refractivity contribution < 1.29 is 29.0 Å². The van der Waals surface area contributed by atoms with Gasteiger partial charge in [-0.05, 0) is 70.6 Å². The highest BCUT2D eigenvalue weighted by atomic mass is 16.5. The number of methoxy groups -OCH3 is 1. The minimum Gasteiger partial charge on any atom is -0.496 e.